The van der Waals surface area contributed by atoms with Gasteiger partial charge in [-0.1, -0.05) is 41.8 Å². The number of furan rings is 1. The first-order valence-electron chi connectivity index (χ1n) is 13.1. The second-order valence-electron chi connectivity index (χ2n) is 9.86. The van der Waals surface area contributed by atoms with E-state index in [9.17, 15) is 0 Å². The van der Waals surface area contributed by atoms with E-state index < -0.39 is 0 Å². The van der Waals surface area contributed by atoms with Crippen LogP contribution in [0.3, 0.4) is 0 Å². The fraction of sp³-hybridized carbons (Fsp3) is 0.0286. The molecular weight excluding hydrogens is 687 g/mol. The van der Waals surface area contributed by atoms with Gasteiger partial charge in [0.15, 0.2) is 0 Å². The fourth-order valence-corrected chi connectivity index (χ4v) is 5.58. The van der Waals surface area contributed by atoms with Crippen molar-refractivity contribution < 1.29 is 25.5 Å². The van der Waals surface area contributed by atoms with Gasteiger partial charge in [-0.15, -0.1) is 53.6 Å². The third kappa shape index (κ3) is 4.13. The Bertz CT molecular complexity index is 2190. The zero-order chi connectivity index (χ0) is 26.6. The third-order valence-corrected chi connectivity index (χ3v) is 7.52. The molecule has 0 saturated heterocycles. The number of hydrogen-bond donors (Lipinski definition) is 0. The van der Waals surface area contributed by atoms with Crippen molar-refractivity contribution in [3.8, 4) is 39.5 Å². The molecule has 0 N–H and O–H groups in total. The molecule has 0 saturated carbocycles. The quantitative estimate of drug-likeness (QED) is 0.173. The summed E-state index contributed by atoms with van der Waals surface area (Å²) in [6.45, 7) is 0. The summed E-state index contributed by atoms with van der Waals surface area (Å²) in [7, 11) is 2.06. The minimum absolute atomic E-state index is 0. The Balaban J connectivity index is 0.00000276. The number of aromatic nitrogens is 4. The largest absolute Gasteiger partial charge is 2.00 e. The molecule has 0 fully saturated rings. The number of para-hydroxylation sites is 3. The first-order valence-corrected chi connectivity index (χ1v) is 13.1. The maximum absolute atomic E-state index is 5.29. The van der Waals surface area contributed by atoms with E-state index in [2.05, 4.69) is 94.0 Å². The van der Waals surface area contributed by atoms with Gasteiger partial charge in [0.1, 0.15) is 0 Å². The molecule has 8 rings (SSSR count). The van der Waals surface area contributed by atoms with Gasteiger partial charge in [0.05, 0.1) is 29.4 Å². The Morgan fingerprint density at radius 1 is 0.732 bits per heavy atom. The second-order valence-corrected chi connectivity index (χ2v) is 9.86. The predicted octanol–water partition coefficient (Wildman–Crippen LogP) is 8.26. The Morgan fingerprint density at radius 2 is 1.59 bits per heavy atom. The molecule has 0 amide bonds. The van der Waals surface area contributed by atoms with Gasteiger partial charge in [-0.05, 0) is 58.2 Å². The number of aryl methyl sites for hydroxylation is 1. The molecule has 0 radical (unpaired) electrons. The molecule has 4 aromatic heterocycles. The van der Waals surface area contributed by atoms with Gasteiger partial charge < -0.3 is 18.5 Å². The summed E-state index contributed by atoms with van der Waals surface area (Å²) in [6, 6.07) is 40.5. The van der Waals surface area contributed by atoms with Crippen LogP contribution in [0.5, 0.6) is 0 Å². The number of imidazole rings is 1. The van der Waals surface area contributed by atoms with E-state index in [-0.39, 0.29) is 21.1 Å². The van der Waals surface area contributed by atoms with Crippen LogP contribution < -0.4 is 0 Å². The van der Waals surface area contributed by atoms with Crippen molar-refractivity contribution in [2.45, 2.75) is 0 Å². The first-order chi connectivity index (χ1) is 19.7. The molecule has 0 bridgehead atoms. The Morgan fingerprint density at radius 3 is 2.44 bits per heavy atom. The van der Waals surface area contributed by atoms with Crippen LogP contribution >= 0.6 is 0 Å². The molecule has 0 unspecified atom stereocenters. The van der Waals surface area contributed by atoms with Crippen molar-refractivity contribution >= 4 is 32.8 Å². The van der Waals surface area contributed by atoms with Gasteiger partial charge in [-0.25, -0.2) is 0 Å². The van der Waals surface area contributed by atoms with Crippen LogP contribution in [0.4, 0.5) is 0 Å². The van der Waals surface area contributed by atoms with Crippen LogP contribution in [0.15, 0.2) is 120 Å². The standard InChI is InChI=1S/C35H22N4O.Pt/c1-38-33-12-5-3-10-30(33)37-35(38)25-13-14-29-28-9-2-4-11-32(28)39(34(29)21-25)27-8-6-7-24(19-27)31-20-23(15-17-36-31)26-16-18-40-22-26;/h2-18,20,22H,1H3;/q-2;+2. The first kappa shape index (κ1) is 25.3. The number of hydrogen-bond acceptors (Lipinski definition) is 3. The summed E-state index contributed by atoms with van der Waals surface area (Å²) in [5, 5.41) is 2.31. The summed E-state index contributed by atoms with van der Waals surface area (Å²) in [5.41, 5.74) is 9.87. The van der Waals surface area contributed by atoms with Crippen LogP contribution in [0, 0.1) is 12.1 Å². The summed E-state index contributed by atoms with van der Waals surface area (Å²) in [4.78, 5) is 9.59. The molecule has 0 aliphatic rings. The van der Waals surface area contributed by atoms with Gasteiger partial charge in [0.2, 0.25) is 0 Å². The summed E-state index contributed by atoms with van der Waals surface area (Å²) in [6.07, 6.45) is 5.26. The Hall–Kier alpha value is -4.73. The minimum atomic E-state index is 0. The number of nitrogens with zero attached hydrogens (tertiary/aromatic N) is 4. The van der Waals surface area contributed by atoms with Gasteiger partial charge >= 0.3 is 21.1 Å². The third-order valence-electron chi connectivity index (χ3n) is 7.52. The number of fused-ring (bicyclic) bond motifs is 4. The molecule has 4 aromatic carbocycles. The van der Waals surface area contributed by atoms with Crippen molar-refractivity contribution in [1.82, 2.24) is 19.1 Å². The second kappa shape index (κ2) is 10.0. The van der Waals surface area contributed by atoms with Crippen molar-refractivity contribution in [1.29, 1.82) is 0 Å². The summed E-state index contributed by atoms with van der Waals surface area (Å²) >= 11 is 0. The summed E-state index contributed by atoms with van der Waals surface area (Å²) < 4.78 is 9.66. The number of rotatable bonds is 4. The molecule has 4 heterocycles. The number of pyridine rings is 1. The van der Waals surface area contributed by atoms with Gasteiger partial charge in [0, 0.05) is 24.3 Å². The van der Waals surface area contributed by atoms with Crippen LogP contribution in [0.25, 0.3) is 72.3 Å². The van der Waals surface area contributed by atoms with Crippen molar-refractivity contribution in [2.24, 2.45) is 7.05 Å². The summed E-state index contributed by atoms with van der Waals surface area (Å²) in [5.74, 6) is 0.887. The van der Waals surface area contributed by atoms with Gasteiger partial charge in [0.25, 0.3) is 0 Å². The molecular formula is C35H22N4OPt. The fourth-order valence-electron chi connectivity index (χ4n) is 5.58. The minimum Gasteiger partial charge on any atom is -0.472 e. The van der Waals surface area contributed by atoms with Crippen molar-refractivity contribution in [2.75, 3.05) is 0 Å². The average molecular weight is 710 g/mol. The zero-order valence-corrected chi connectivity index (χ0v) is 24.3. The smallest absolute Gasteiger partial charge is 0.472 e. The molecule has 0 spiro atoms. The van der Waals surface area contributed by atoms with E-state index >= 15 is 0 Å². The monoisotopic (exact) mass is 709 g/mol. The van der Waals surface area contributed by atoms with E-state index in [1.807, 2.05) is 42.6 Å². The molecule has 6 heteroatoms. The van der Waals surface area contributed by atoms with Crippen LogP contribution in [-0.2, 0) is 28.1 Å². The Labute approximate surface area is 251 Å². The molecule has 0 aliphatic carbocycles. The molecule has 8 aromatic rings. The van der Waals surface area contributed by atoms with E-state index in [0.717, 1.165) is 66.9 Å². The molecule has 41 heavy (non-hydrogen) atoms. The van der Waals surface area contributed by atoms with Gasteiger partial charge in [-0.2, -0.15) is 0 Å². The van der Waals surface area contributed by atoms with Crippen LogP contribution in [0.1, 0.15) is 0 Å². The van der Waals surface area contributed by atoms with Crippen molar-refractivity contribution in [3.63, 3.8) is 0 Å². The zero-order valence-electron chi connectivity index (χ0n) is 22.0. The van der Waals surface area contributed by atoms with Crippen LogP contribution in [0.2, 0.25) is 0 Å². The molecule has 5 nitrogen and oxygen atoms in total. The maximum Gasteiger partial charge on any atom is 2.00 e. The van der Waals surface area contributed by atoms with Crippen LogP contribution in [-0.4, -0.2) is 19.1 Å². The number of benzene rings is 4. The SMILES string of the molecule is Cn1c(-c2[c-]c3c(cc2)c2ccccc2n3-c2[c-]c(-c3cc(-c4ccoc4)ccn3)ccc2)nc2ccccc21.[Pt+2]. The molecule has 0 aliphatic heterocycles. The van der Waals surface area contributed by atoms with Gasteiger partial charge in [-0.3, -0.25) is 4.98 Å². The predicted molar refractivity (Wildman–Crippen MR) is 159 cm³/mol. The van der Waals surface area contributed by atoms with E-state index in [0.29, 0.717) is 0 Å². The topological polar surface area (TPSA) is 48.8 Å². The maximum atomic E-state index is 5.29. The van der Waals surface area contributed by atoms with E-state index in [4.69, 9.17) is 9.40 Å². The molecule has 0 atom stereocenters. The normalized spacial score (nSPS) is 11.3. The average Bonchev–Trinajstić information content (AvgIpc) is 3.74. The van der Waals surface area contributed by atoms with Crippen molar-refractivity contribution in [3.05, 3.63) is 128 Å². The van der Waals surface area contributed by atoms with E-state index in [1.54, 1.807) is 12.5 Å². The molecule has 198 valence electrons. The Kier molecular flexibility index (Phi) is 6.18. The van der Waals surface area contributed by atoms with E-state index in [1.165, 1.54) is 5.39 Å².